The highest BCUT2D eigenvalue weighted by atomic mass is 16.6. The lowest BCUT2D eigenvalue weighted by atomic mass is 10.1. The summed E-state index contributed by atoms with van der Waals surface area (Å²) < 4.78 is 11.0. The molecule has 2 rings (SSSR count). The number of benzene rings is 1. The van der Waals surface area contributed by atoms with E-state index in [9.17, 15) is 4.79 Å². The Morgan fingerprint density at radius 1 is 1.28 bits per heavy atom. The van der Waals surface area contributed by atoms with Gasteiger partial charge < -0.3 is 29.9 Å². The molecule has 0 aromatic heterocycles. The van der Waals surface area contributed by atoms with Crippen LogP contribution in [0.25, 0.3) is 0 Å². The number of hydrogen-bond donors (Lipinski definition) is 2. The zero-order valence-electron chi connectivity index (χ0n) is 18.1. The summed E-state index contributed by atoms with van der Waals surface area (Å²) >= 11 is 0. The number of hydrogen-bond acceptors (Lipinski definition) is 5. The van der Waals surface area contributed by atoms with Crippen molar-refractivity contribution in [3.05, 3.63) is 29.8 Å². The quantitative estimate of drug-likeness (QED) is 0.508. The molecule has 8 heteroatoms. The van der Waals surface area contributed by atoms with Gasteiger partial charge in [-0.25, -0.2) is 4.79 Å². The molecule has 0 saturated carbocycles. The van der Waals surface area contributed by atoms with Crippen molar-refractivity contribution in [1.82, 2.24) is 20.4 Å². The van der Waals surface area contributed by atoms with E-state index in [2.05, 4.69) is 26.6 Å². The molecule has 1 heterocycles. The summed E-state index contributed by atoms with van der Waals surface area (Å²) in [4.78, 5) is 20.0. The number of likely N-dealkylation sites (N-methyl/N-ethyl adjacent to an activating group) is 1. The maximum Gasteiger partial charge on any atom is 0.409 e. The average molecular weight is 406 g/mol. The third-order valence-corrected chi connectivity index (χ3v) is 4.80. The highest BCUT2D eigenvalue weighted by molar-refractivity contribution is 5.80. The number of amides is 1. The molecule has 0 spiro atoms. The Bertz CT molecular complexity index is 657. The van der Waals surface area contributed by atoms with Crippen molar-refractivity contribution in [2.75, 3.05) is 54.0 Å². The summed E-state index contributed by atoms with van der Waals surface area (Å²) in [5.41, 5.74) is 1.09. The first-order chi connectivity index (χ1) is 14.0. The fourth-order valence-electron chi connectivity index (χ4n) is 3.12. The Morgan fingerprint density at radius 3 is 2.66 bits per heavy atom. The number of carbonyl (C=O) groups excluding carboxylic acids is 1. The molecule has 162 valence electrons. The number of nitrogens with zero attached hydrogens (tertiary/aromatic N) is 3. The molecule has 1 fully saturated rings. The average Bonchev–Trinajstić information content (AvgIpc) is 2.72. The monoisotopic (exact) mass is 405 g/mol. The molecular weight excluding hydrogens is 370 g/mol. The summed E-state index contributed by atoms with van der Waals surface area (Å²) in [6.07, 6.45) is 1.51. The molecule has 8 nitrogen and oxygen atoms in total. The third-order valence-electron chi connectivity index (χ3n) is 4.80. The minimum absolute atomic E-state index is 0.223. The van der Waals surface area contributed by atoms with Crippen LogP contribution in [-0.4, -0.2) is 81.9 Å². The molecule has 1 saturated heterocycles. The Balaban J connectivity index is 1.81. The van der Waals surface area contributed by atoms with Crippen LogP contribution in [0.15, 0.2) is 29.3 Å². The number of aliphatic imine (C=N–C) groups is 1. The topological polar surface area (TPSA) is 78.4 Å². The summed E-state index contributed by atoms with van der Waals surface area (Å²) in [6.45, 7) is 5.76. The van der Waals surface area contributed by atoms with E-state index in [0.29, 0.717) is 32.8 Å². The Kier molecular flexibility index (Phi) is 9.56. The van der Waals surface area contributed by atoms with Crippen LogP contribution in [0, 0.1) is 0 Å². The first-order valence-corrected chi connectivity index (χ1v) is 10.3. The fourth-order valence-corrected chi connectivity index (χ4v) is 3.12. The zero-order chi connectivity index (χ0) is 21.1. The Morgan fingerprint density at radius 2 is 2.00 bits per heavy atom. The second-order valence-electron chi connectivity index (χ2n) is 7.29. The number of carbonyl (C=O) groups is 1. The Hall–Kier alpha value is -2.48. The summed E-state index contributed by atoms with van der Waals surface area (Å²) in [6, 6.07) is 8.33. The van der Waals surface area contributed by atoms with Crippen LogP contribution in [0.1, 0.15) is 25.3 Å². The van der Waals surface area contributed by atoms with Crippen LogP contribution in [0.4, 0.5) is 4.79 Å². The maximum atomic E-state index is 11.8. The Labute approximate surface area is 174 Å². The summed E-state index contributed by atoms with van der Waals surface area (Å²) in [5.74, 6) is 1.64. The lowest BCUT2D eigenvalue weighted by molar-refractivity contribution is 0.0963. The van der Waals surface area contributed by atoms with Crippen molar-refractivity contribution in [2.24, 2.45) is 4.99 Å². The van der Waals surface area contributed by atoms with Crippen molar-refractivity contribution >= 4 is 12.1 Å². The van der Waals surface area contributed by atoms with Crippen LogP contribution in [0.3, 0.4) is 0 Å². The van der Waals surface area contributed by atoms with E-state index in [0.717, 1.165) is 36.7 Å². The summed E-state index contributed by atoms with van der Waals surface area (Å²) in [5, 5.41) is 6.83. The van der Waals surface area contributed by atoms with E-state index in [1.54, 1.807) is 11.9 Å². The number of nitrogens with one attached hydrogen (secondary N) is 2. The van der Waals surface area contributed by atoms with Crippen molar-refractivity contribution in [2.45, 2.75) is 32.4 Å². The van der Waals surface area contributed by atoms with Crippen molar-refractivity contribution < 1.29 is 14.3 Å². The third kappa shape index (κ3) is 7.81. The van der Waals surface area contributed by atoms with Crippen LogP contribution in [0.5, 0.6) is 5.75 Å². The molecule has 1 aromatic carbocycles. The van der Waals surface area contributed by atoms with Gasteiger partial charge in [0.1, 0.15) is 12.4 Å². The van der Waals surface area contributed by atoms with E-state index in [1.165, 1.54) is 0 Å². The van der Waals surface area contributed by atoms with E-state index >= 15 is 0 Å². The number of guanidine groups is 1. The molecule has 2 N–H and O–H groups in total. The smallest absolute Gasteiger partial charge is 0.409 e. The van der Waals surface area contributed by atoms with Gasteiger partial charge in [0.15, 0.2) is 5.96 Å². The van der Waals surface area contributed by atoms with Gasteiger partial charge in [0.05, 0.1) is 6.61 Å². The number of piperidine rings is 1. The van der Waals surface area contributed by atoms with Gasteiger partial charge in [-0.15, -0.1) is 0 Å². The first-order valence-electron chi connectivity index (χ1n) is 10.3. The lowest BCUT2D eigenvalue weighted by Crippen LogP contribution is -2.49. The van der Waals surface area contributed by atoms with E-state index in [-0.39, 0.29) is 12.1 Å². The predicted octanol–water partition coefficient (Wildman–Crippen LogP) is 1.91. The second-order valence-corrected chi connectivity index (χ2v) is 7.29. The number of para-hydroxylation sites is 1. The second kappa shape index (κ2) is 12.2. The number of ether oxygens (including phenoxy) is 2. The predicted molar refractivity (Wildman–Crippen MR) is 115 cm³/mol. The molecule has 1 amide bonds. The van der Waals surface area contributed by atoms with Gasteiger partial charge in [0.25, 0.3) is 0 Å². The van der Waals surface area contributed by atoms with Crippen LogP contribution in [0.2, 0.25) is 0 Å². The summed E-state index contributed by atoms with van der Waals surface area (Å²) in [7, 11) is 5.83. The van der Waals surface area contributed by atoms with Crippen molar-refractivity contribution in [3.8, 4) is 5.75 Å². The minimum atomic E-state index is -0.223. The highest BCUT2D eigenvalue weighted by Gasteiger charge is 2.24. The van der Waals surface area contributed by atoms with E-state index < -0.39 is 0 Å². The molecule has 0 radical (unpaired) electrons. The van der Waals surface area contributed by atoms with Gasteiger partial charge in [0, 0.05) is 44.8 Å². The minimum Gasteiger partial charge on any atom is -0.492 e. The molecule has 29 heavy (non-hydrogen) atoms. The van der Waals surface area contributed by atoms with Gasteiger partial charge in [-0.3, -0.25) is 4.99 Å². The number of likely N-dealkylation sites (tertiary alicyclic amines) is 1. The SMILES string of the molecule is CCOC(=O)N1CCC(NC(=NC)NCc2ccccc2OCCN(C)C)CC1. The number of rotatable bonds is 8. The highest BCUT2D eigenvalue weighted by Crippen LogP contribution is 2.18. The van der Waals surface area contributed by atoms with Crippen LogP contribution in [-0.2, 0) is 11.3 Å². The largest absolute Gasteiger partial charge is 0.492 e. The van der Waals surface area contributed by atoms with Gasteiger partial charge in [0.2, 0.25) is 0 Å². The molecule has 0 aliphatic carbocycles. The van der Waals surface area contributed by atoms with E-state index in [1.807, 2.05) is 39.2 Å². The van der Waals surface area contributed by atoms with Crippen molar-refractivity contribution in [1.29, 1.82) is 0 Å². The zero-order valence-corrected chi connectivity index (χ0v) is 18.1. The normalized spacial score (nSPS) is 15.3. The first kappa shape index (κ1) is 22.8. The fraction of sp³-hybridized carbons (Fsp3) is 0.619. The standard InChI is InChI=1S/C21H35N5O3/c1-5-28-21(27)26-12-10-18(11-13-26)24-20(22-2)23-16-17-8-6-7-9-19(17)29-15-14-25(3)4/h6-9,18H,5,10-16H2,1-4H3,(H2,22,23,24). The van der Waals surface area contributed by atoms with Gasteiger partial charge in [-0.2, -0.15) is 0 Å². The molecule has 0 unspecified atom stereocenters. The van der Waals surface area contributed by atoms with Crippen LogP contribution < -0.4 is 15.4 Å². The lowest BCUT2D eigenvalue weighted by Gasteiger charge is -2.32. The molecule has 0 bridgehead atoms. The van der Waals surface area contributed by atoms with Crippen LogP contribution >= 0.6 is 0 Å². The molecular formula is C21H35N5O3. The van der Waals surface area contributed by atoms with E-state index in [4.69, 9.17) is 9.47 Å². The molecule has 0 atom stereocenters. The van der Waals surface area contributed by atoms with Gasteiger partial charge in [-0.05, 0) is 39.9 Å². The molecule has 1 aliphatic rings. The van der Waals surface area contributed by atoms with Gasteiger partial charge in [-0.1, -0.05) is 18.2 Å². The van der Waals surface area contributed by atoms with Gasteiger partial charge >= 0.3 is 6.09 Å². The molecule has 1 aromatic rings. The molecule has 1 aliphatic heterocycles. The maximum absolute atomic E-state index is 11.8. The van der Waals surface area contributed by atoms with Crippen molar-refractivity contribution in [3.63, 3.8) is 0 Å².